The standard InChI is InChI=1S/C7H12OS/c8-6-4-2-1-3-5-7(6)9/h6,8H,1-5H2. The largest absolute Gasteiger partial charge is 0.388 e. The van der Waals surface area contributed by atoms with Gasteiger partial charge >= 0.3 is 0 Å². The summed E-state index contributed by atoms with van der Waals surface area (Å²) in [6, 6.07) is 0. The van der Waals surface area contributed by atoms with Gasteiger partial charge in [0.1, 0.15) is 0 Å². The Morgan fingerprint density at radius 3 is 2.89 bits per heavy atom. The van der Waals surface area contributed by atoms with E-state index in [9.17, 15) is 5.11 Å². The Morgan fingerprint density at radius 2 is 2.11 bits per heavy atom. The molecule has 2 heteroatoms. The van der Waals surface area contributed by atoms with E-state index in [0.29, 0.717) is 0 Å². The van der Waals surface area contributed by atoms with Crippen LogP contribution in [0.5, 0.6) is 0 Å². The van der Waals surface area contributed by atoms with Crippen molar-refractivity contribution in [3.05, 3.63) is 0 Å². The van der Waals surface area contributed by atoms with Crippen molar-refractivity contribution in [2.24, 2.45) is 0 Å². The van der Waals surface area contributed by atoms with E-state index in [0.717, 1.165) is 24.1 Å². The number of rotatable bonds is 0. The second-order valence-corrected chi connectivity index (χ2v) is 3.11. The summed E-state index contributed by atoms with van der Waals surface area (Å²) in [7, 11) is 0. The molecule has 1 aliphatic rings. The van der Waals surface area contributed by atoms with Crippen molar-refractivity contribution < 1.29 is 5.11 Å². The third-order valence-corrected chi connectivity index (χ3v) is 2.25. The van der Waals surface area contributed by atoms with Gasteiger partial charge in [-0.3, -0.25) is 0 Å². The fraction of sp³-hybridized carbons (Fsp3) is 0.857. The van der Waals surface area contributed by atoms with Gasteiger partial charge in [-0.05, 0) is 19.3 Å². The molecule has 0 aromatic carbocycles. The summed E-state index contributed by atoms with van der Waals surface area (Å²) in [4.78, 5) is 0.868. The molecule has 1 rings (SSSR count). The van der Waals surface area contributed by atoms with Crippen molar-refractivity contribution in [1.82, 2.24) is 0 Å². The van der Waals surface area contributed by atoms with Crippen LogP contribution in [0.4, 0.5) is 0 Å². The molecule has 0 aliphatic heterocycles. The van der Waals surface area contributed by atoms with Crippen LogP contribution >= 0.6 is 12.2 Å². The molecule has 1 saturated carbocycles. The molecule has 52 valence electrons. The average Bonchev–Trinajstić information content (AvgIpc) is 1.99. The molecule has 0 saturated heterocycles. The van der Waals surface area contributed by atoms with E-state index in [1.54, 1.807) is 0 Å². The molecule has 0 aromatic heterocycles. The number of aliphatic hydroxyl groups is 1. The predicted molar refractivity (Wildman–Crippen MR) is 41.7 cm³/mol. The maximum atomic E-state index is 9.22. The molecule has 0 aromatic rings. The van der Waals surface area contributed by atoms with Gasteiger partial charge in [0.2, 0.25) is 0 Å². The van der Waals surface area contributed by atoms with Crippen LogP contribution in [0, 0.1) is 0 Å². The van der Waals surface area contributed by atoms with E-state index < -0.39 is 0 Å². The quantitative estimate of drug-likeness (QED) is 0.412. The van der Waals surface area contributed by atoms with E-state index >= 15 is 0 Å². The van der Waals surface area contributed by atoms with Gasteiger partial charge in [0.25, 0.3) is 0 Å². The zero-order chi connectivity index (χ0) is 6.69. The zero-order valence-corrected chi connectivity index (χ0v) is 6.28. The topological polar surface area (TPSA) is 20.2 Å². The third kappa shape index (κ3) is 2.03. The SMILES string of the molecule is OC1CCCCCC1=S. The fourth-order valence-corrected chi connectivity index (χ4v) is 1.40. The van der Waals surface area contributed by atoms with Crippen molar-refractivity contribution in [1.29, 1.82) is 0 Å². The van der Waals surface area contributed by atoms with E-state index in [-0.39, 0.29) is 6.10 Å². The summed E-state index contributed by atoms with van der Waals surface area (Å²) in [5.41, 5.74) is 0. The minimum absolute atomic E-state index is 0.275. The van der Waals surface area contributed by atoms with Crippen LogP contribution in [0.15, 0.2) is 0 Å². The Balaban J connectivity index is 2.41. The normalized spacial score (nSPS) is 29.9. The number of hydrogen-bond acceptors (Lipinski definition) is 2. The zero-order valence-electron chi connectivity index (χ0n) is 5.47. The van der Waals surface area contributed by atoms with Gasteiger partial charge in [0.05, 0.1) is 6.10 Å². The highest BCUT2D eigenvalue weighted by atomic mass is 32.1. The molecule has 0 spiro atoms. The second kappa shape index (κ2) is 3.28. The maximum Gasteiger partial charge on any atom is 0.0852 e. The van der Waals surface area contributed by atoms with Gasteiger partial charge in [0.15, 0.2) is 0 Å². The first-order chi connectivity index (χ1) is 4.30. The van der Waals surface area contributed by atoms with Crippen LogP contribution in [0.1, 0.15) is 32.1 Å². The molecule has 0 bridgehead atoms. The molecular weight excluding hydrogens is 132 g/mol. The van der Waals surface area contributed by atoms with Crippen LogP contribution in [-0.2, 0) is 0 Å². The Morgan fingerprint density at radius 1 is 1.33 bits per heavy atom. The number of aliphatic hydroxyl groups excluding tert-OH is 1. The van der Waals surface area contributed by atoms with Crippen molar-refractivity contribution >= 4 is 17.1 Å². The van der Waals surface area contributed by atoms with Crippen LogP contribution in [-0.4, -0.2) is 16.1 Å². The van der Waals surface area contributed by atoms with Crippen LogP contribution in [0.3, 0.4) is 0 Å². The third-order valence-electron chi connectivity index (χ3n) is 1.77. The average molecular weight is 144 g/mol. The van der Waals surface area contributed by atoms with Gasteiger partial charge in [-0.15, -0.1) is 0 Å². The van der Waals surface area contributed by atoms with Crippen molar-refractivity contribution in [3.8, 4) is 0 Å². The first-order valence-corrected chi connectivity index (χ1v) is 3.92. The molecule has 1 atom stereocenters. The Kier molecular flexibility index (Phi) is 2.61. The lowest BCUT2D eigenvalue weighted by molar-refractivity contribution is 0.231. The Hall–Kier alpha value is 0.0500. The minimum atomic E-state index is -0.275. The van der Waals surface area contributed by atoms with Crippen LogP contribution < -0.4 is 0 Å². The molecule has 1 unspecified atom stereocenters. The Bertz CT molecular complexity index is 111. The smallest absolute Gasteiger partial charge is 0.0852 e. The first kappa shape index (κ1) is 7.16. The second-order valence-electron chi connectivity index (χ2n) is 2.58. The van der Waals surface area contributed by atoms with Crippen LogP contribution in [0.2, 0.25) is 0 Å². The highest BCUT2D eigenvalue weighted by Gasteiger charge is 2.12. The summed E-state index contributed by atoms with van der Waals surface area (Å²) in [6.45, 7) is 0. The summed E-state index contributed by atoms with van der Waals surface area (Å²) in [5, 5.41) is 9.22. The molecule has 0 heterocycles. The molecule has 1 fully saturated rings. The molecule has 1 N–H and O–H groups in total. The summed E-state index contributed by atoms with van der Waals surface area (Å²) in [5.74, 6) is 0. The highest BCUT2D eigenvalue weighted by molar-refractivity contribution is 7.80. The van der Waals surface area contributed by atoms with Crippen LogP contribution in [0.25, 0.3) is 0 Å². The van der Waals surface area contributed by atoms with Gasteiger partial charge < -0.3 is 5.11 Å². The molecule has 9 heavy (non-hydrogen) atoms. The van der Waals surface area contributed by atoms with Gasteiger partial charge in [0, 0.05) is 4.86 Å². The summed E-state index contributed by atoms with van der Waals surface area (Å²) in [6.07, 6.45) is 5.12. The fourth-order valence-electron chi connectivity index (χ4n) is 1.14. The molecule has 0 radical (unpaired) electrons. The molecule has 1 aliphatic carbocycles. The van der Waals surface area contributed by atoms with Gasteiger partial charge in [-0.25, -0.2) is 0 Å². The molecule has 0 amide bonds. The van der Waals surface area contributed by atoms with E-state index in [1.807, 2.05) is 0 Å². The lowest BCUT2D eigenvalue weighted by Crippen LogP contribution is -2.15. The van der Waals surface area contributed by atoms with E-state index in [2.05, 4.69) is 0 Å². The summed E-state index contributed by atoms with van der Waals surface area (Å²) < 4.78 is 0. The lowest BCUT2D eigenvalue weighted by atomic mass is 10.2. The monoisotopic (exact) mass is 144 g/mol. The first-order valence-electron chi connectivity index (χ1n) is 3.51. The van der Waals surface area contributed by atoms with E-state index in [1.165, 1.54) is 12.8 Å². The van der Waals surface area contributed by atoms with Crippen molar-refractivity contribution in [2.45, 2.75) is 38.2 Å². The molecule has 1 nitrogen and oxygen atoms in total. The lowest BCUT2D eigenvalue weighted by Gasteiger charge is -2.04. The number of thiocarbonyl (C=S) groups is 1. The maximum absolute atomic E-state index is 9.22. The van der Waals surface area contributed by atoms with E-state index in [4.69, 9.17) is 12.2 Å². The highest BCUT2D eigenvalue weighted by Crippen LogP contribution is 2.15. The Labute approximate surface area is 61.1 Å². The summed E-state index contributed by atoms with van der Waals surface area (Å²) >= 11 is 4.96. The van der Waals surface area contributed by atoms with Gasteiger partial charge in [-0.1, -0.05) is 25.1 Å². The van der Waals surface area contributed by atoms with Crippen molar-refractivity contribution in [2.75, 3.05) is 0 Å². The van der Waals surface area contributed by atoms with Crippen molar-refractivity contribution in [3.63, 3.8) is 0 Å². The molecular formula is C7H12OS. The van der Waals surface area contributed by atoms with Gasteiger partial charge in [-0.2, -0.15) is 0 Å². The number of hydrogen-bond donors (Lipinski definition) is 1. The predicted octanol–water partition coefficient (Wildman–Crippen LogP) is 1.68. The minimum Gasteiger partial charge on any atom is -0.388 e.